The van der Waals surface area contributed by atoms with Crippen molar-refractivity contribution in [3.63, 3.8) is 0 Å². The summed E-state index contributed by atoms with van der Waals surface area (Å²) >= 11 is 0. The summed E-state index contributed by atoms with van der Waals surface area (Å²) < 4.78 is 10.4. The molecule has 152 valence electrons. The fourth-order valence-electron chi connectivity index (χ4n) is 4.53. The molecule has 29 heavy (non-hydrogen) atoms. The predicted octanol–water partition coefficient (Wildman–Crippen LogP) is 3.95. The number of benzene rings is 2. The molecule has 2 aliphatic rings. The first-order valence-electron chi connectivity index (χ1n) is 10.0. The quantitative estimate of drug-likeness (QED) is 0.732. The number of fused-ring (bicyclic) bond motifs is 6. The molecule has 0 saturated carbocycles. The van der Waals surface area contributed by atoms with Crippen LogP contribution in [0.5, 0.6) is 0 Å². The van der Waals surface area contributed by atoms with Gasteiger partial charge in [0.15, 0.2) is 0 Å². The Morgan fingerprint density at radius 3 is 1.59 bits per heavy atom. The Kier molecular flexibility index (Phi) is 4.94. The van der Waals surface area contributed by atoms with Gasteiger partial charge >= 0.3 is 11.9 Å². The summed E-state index contributed by atoms with van der Waals surface area (Å²) in [5, 5.41) is 0. The van der Waals surface area contributed by atoms with Gasteiger partial charge in [0.2, 0.25) is 0 Å². The lowest BCUT2D eigenvalue weighted by Gasteiger charge is -2.46. The van der Waals surface area contributed by atoms with Crippen LogP contribution in [0.25, 0.3) is 0 Å². The van der Waals surface area contributed by atoms with E-state index in [2.05, 4.69) is 9.80 Å². The highest BCUT2D eigenvalue weighted by atomic mass is 16.5. The second-order valence-electron chi connectivity index (χ2n) is 7.47. The van der Waals surface area contributed by atoms with Gasteiger partial charge in [0, 0.05) is 24.5 Å². The van der Waals surface area contributed by atoms with Crippen LogP contribution in [0.15, 0.2) is 24.3 Å². The van der Waals surface area contributed by atoms with Crippen LogP contribution in [0.4, 0.5) is 11.4 Å². The van der Waals surface area contributed by atoms with Crippen LogP contribution < -0.4 is 9.80 Å². The van der Waals surface area contributed by atoms with Crippen molar-refractivity contribution in [1.82, 2.24) is 0 Å². The largest absolute Gasteiger partial charge is 0.462 e. The Bertz CT molecular complexity index is 919. The fraction of sp³-hybridized carbons (Fsp3) is 0.391. The fourth-order valence-corrected chi connectivity index (χ4v) is 4.53. The summed E-state index contributed by atoms with van der Waals surface area (Å²) in [7, 11) is 0. The molecule has 2 aliphatic heterocycles. The lowest BCUT2D eigenvalue weighted by Crippen LogP contribution is -2.47. The van der Waals surface area contributed by atoms with Crippen LogP contribution in [0.2, 0.25) is 0 Å². The highest BCUT2D eigenvalue weighted by Crippen LogP contribution is 2.42. The van der Waals surface area contributed by atoms with Gasteiger partial charge in [0.1, 0.15) is 0 Å². The Morgan fingerprint density at radius 1 is 0.793 bits per heavy atom. The molecule has 2 aromatic rings. The van der Waals surface area contributed by atoms with Gasteiger partial charge in [-0.05, 0) is 62.1 Å². The van der Waals surface area contributed by atoms with Gasteiger partial charge in [-0.25, -0.2) is 9.59 Å². The van der Waals surface area contributed by atoms with Gasteiger partial charge < -0.3 is 19.3 Å². The standard InChI is InChI=1S/C23H26N2O4/c1-5-28-22(26)18-9-7-16-11-25-13-24(20(16)14(18)3)12-17-8-10-19(15(4)21(17)25)23(27)29-6-2/h7-10H,5-6,11-13H2,1-4H3. The third kappa shape index (κ3) is 3.12. The molecule has 2 heterocycles. The highest BCUT2D eigenvalue weighted by Gasteiger charge is 2.33. The third-order valence-electron chi connectivity index (χ3n) is 5.72. The summed E-state index contributed by atoms with van der Waals surface area (Å²) in [6.45, 7) is 10.5. The highest BCUT2D eigenvalue weighted by molar-refractivity contribution is 5.95. The van der Waals surface area contributed by atoms with Crippen molar-refractivity contribution in [2.75, 3.05) is 29.7 Å². The smallest absolute Gasteiger partial charge is 0.338 e. The number of rotatable bonds is 4. The van der Waals surface area contributed by atoms with Crippen molar-refractivity contribution in [2.45, 2.75) is 40.8 Å². The Balaban J connectivity index is 1.74. The Morgan fingerprint density at radius 2 is 1.21 bits per heavy atom. The average molecular weight is 394 g/mol. The molecular weight excluding hydrogens is 368 g/mol. The molecule has 0 aromatic heterocycles. The molecule has 0 radical (unpaired) electrons. The summed E-state index contributed by atoms with van der Waals surface area (Å²) in [5.74, 6) is -0.551. The average Bonchev–Trinajstić information content (AvgIpc) is 2.68. The maximum absolute atomic E-state index is 12.3. The molecule has 0 aliphatic carbocycles. The van der Waals surface area contributed by atoms with E-state index in [9.17, 15) is 9.59 Å². The van der Waals surface area contributed by atoms with Crippen LogP contribution in [-0.4, -0.2) is 31.8 Å². The molecule has 6 heteroatoms. The number of carbonyl (C=O) groups is 2. The van der Waals surface area contributed by atoms with Crippen LogP contribution in [0.3, 0.4) is 0 Å². The van der Waals surface area contributed by atoms with Gasteiger partial charge in [0.05, 0.1) is 31.0 Å². The molecule has 0 spiro atoms. The SMILES string of the molecule is CCOC(=O)c1ccc2c(c1C)N1Cc3ccc(C(=O)OCC)c(C)c3N(C2)C1. The lowest BCUT2D eigenvalue weighted by molar-refractivity contribution is 0.0516. The lowest BCUT2D eigenvalue weighted by atomic mass is 9.93. The molecule has 2 bridgehead atoms. The minimum Gasteiger partial charge on any atom is -0.462 e. The topological polar surface area (TPSA) is 59.1 Å². The monoisotopic (exact) mass is 394 g/mol. The molecule has 6 nitrogen and oxygen atoms in total. The predicted molar refractivity (Wildman–Crippen MR) is 112 cm³/mol. The molecule has 0 unspecified atom stereocenters. The summed E-state index contributed by atoms with van der Waals surface area (Å²) in [6, 6.07) is 7.75. The maximum Gasteiger partial charge on any atom is 0.338 e. The van der Waals surface area contributed by atoms with Crippen LogP contribution in [-0.2, 0) is 22.6 Å². The summed E-state index contributed by atoms with van der Waals surface area (Å²) in [4.78, 5) is 29.2. The summed E-state index contributed by atoms with van der Waals surface area (Å²) in [5.41, 5.74) is 7.75. The van der Waals surface area contributed by atoms with Crippen LogP contribution in [0.1, 0.15) is 56.8 Å². The van der Waals surface area contributed by atoms with Crippen molar-refractivity contribution in [3.8, 4) is 0 Å². The van der Waals surface area contributed by atoms with E-state index in [1.807, 2.05) is 52.0 Å². The molecule has 0 amide bonds. The molecule has 0 fully saturated rings. The second kappa shape index (κ2) is 7.43. The molecule has 0 saturated heterocycles. The molecule has 4 rings (SSSR count). The third-order valence-corrected chi connectivity index (χ3v) is 5.72. The van der Waals surface area contributed by atoms with Crippen molar-refractivity contribution >= 4 is 23.3 Å². The van der Waals surface area contributed by atoms with Crippen molar-refractivity contribution in [2.24, 2.45) is 0 Å². The minimum atomic E-state index is -0.275. The van der Waals surface area contributed by atoms with Gasteiger partial charge in [-0.3, -0.25) is 0 Å². The van der Waals surface area contributed by atoms with E-state index in [1.54, 1.807) is 0 Å². The zero-order chi connectivity index (χ0) is 20.7. The van der Waals surface area contributed by atoms with Gasteiger partial charge in [-0.2, -0.15) is 0 Å². The van der Waals surface area contributed by atoms with E-state index in [4.69, 9.17) is 9.47 Å². The zero-order valence-electron chi connectivity index (χ0n) is 17.4. The van der Waals surface area contributed by atoms with Crippen molar-refractivity contribution in [1.29, 1.82) is 0 Å². The molecule has 0 N–H and O–H groups in total. The van der Waals surface area contributed by atoms with Gasteiger partial charge in [0.25, 0.3) is 0 Å². The number of hydrogen-bond donors (Lipinski definition) is 0. The zero-order valence-corrected chi connectivity index (χ0v) is 17.4. The van der Waals surface area contributed by atoms with Crippen LogP contribution >= 0.6 is 0 Å². The minimum absolute atomic E-state index is 0.275. The summed E-state index contributed by atoms with van der Waals surface area (Å²) in [6.07, 6.45) is 0. The van der Waals surface area contributed by atoms with E-state index in [0.717, 1.165) is 42.3 Å². The van der Waals surface area contributed by atoms with E-state index in [0.29, 0.717) is 24.3 Å². The number of esters is 2. The molecule has 0 atom stereocenters. The van der Waals surface area contributed by atoms with E-state index in [1.165, 1.54) is 11.1 Å². The van der Waals surface area contributed by atoms with Crippen molar-refractivity contribution in [3.05, 3.63) is 57.6 Å². The Hall–Kier alpha value is -3.02. The first-order valence-corrected chi connectivity index (χ1v) is 10.0. The first-order chi connectivity index (χ1) is 14.0. The van der Waals surface area contributed by atoms with Crippen molar-refractivity contribution < 1.29 is 19.1 Å². The van der Waals surface area contributed by atoms with Gasteiger partial charge in [-0.1, -0.05) is 12.1 Å². The second-order valence-corrected chi connectivity index (χ2v) is 7.47. The number of ether oxygens (including phenoxy) is 2. The number of nitrogens with zero attached hydrogens (tertiary/aromatic N) is 2. The van der Waals surface area contributed by atoms with Gasteiger partial charge in [-0.15, -0.1) is 0 Å². The maximum atomic E-state index is 12.3. The number of anilines is 2. The van der Waals surface area contributed by atoms with E-state index in [-0.39, 0.29) is 11.9 Å². The normalized spacial score (nSPS) is 14.2. The Labute approximate surface area is 171 Å². The molecule has 2 aromatic carbocycles. The van der Waals surface area contributed by atoms with Crippen LogP contribution in [0, 0.1) is 13.8 Å². The number of carbonyl (C=O) groups excluding carboxylic acids is 2. The van der Waals surface area contributed by atoms with E-state index >= 15 is 0 Å². The molecular formula is C23H26N2O4. The number of hydrogen-bond acceptors (Lipinski definition) is 6. The first kappa shape index (κ1) is 19.3. The van der Waals surface area contributed by atoms with E-state index < -0.39 is 0 Å².